The number of amides is 1. The third-order valence-electron chi connectivity index (χ3n) is 3.50. The Balaban J connectivity index is 1.83. The first-order valence-corrected chi connectivity index (χ1v) is 9.60. The van der Waals surface area contributed by atoms with Crippen LogP contribution in [0.2, 0.25) is 0 Å². The molecular weight excluding hydrogens is 324 g/mol. The SMILES string of the molecule is Cc1cccc(CCC(=O)Nc2ccc(CNS(C)(=O)=O)cc2)c1. The molecule has 2 N–H and O–H groups in total. The van der Waals surface area contributed by atoms with Crippen molar-refractivity contribution in [2.24, 2.45) is 0 Å². The van der Waals surface area contributed by atoms with Gasteiger partial charge in [0.2, 0.25) is 15.9 Å². The molecule has 0 aliphatic carbocycles. The standard InChI is InChI=1S/C18H22N2O3S/c1-14-4-3-5-15(12-14)8-11-18(21)20-17-9-6-16(7-10-17)13-19-24(2,22)23/h3-7,9-10,12,19H,8,11,13H2,1-2H3,(H,20,21). The van der Waals surface area contributed by atoms with Gasteiger partial charge in [0.25, 0.3) is 0 Å². The molecule has 6 heteroatoms. The van der Waals surface area contributed by atoms with Gasteiger partial charge in [-0.05, 0) is 36.6 Å². The molecule has 0 aliphatic rings. The molecule has 0 aromatic heterocycles. The van der Waals surface area contributed by atoms with Crippen LogP contribution in [-0.4, -0.2) is 20.6 Å². The number of rotatable bonds is 7. The fourth-order valence-corrected chi connectivity index (χ4v) is 2.70. The zero-order chi connectivity index (χ0) is 17.6. The highest BCUT2D eigenvalue weighted by Gasteiger charge is 2.05. The van der Waals surface area contributed by atoms with Crippen LogP contribution in [0.15, 0.2) is 48.5 Å². The van der Waals surface area contributed by atoms with Gasteiger partial charge in [0.1, 0.15) is 0 Å². The summed E-state index contributed by atoms with van der Waals surface area (Å²) in [5.41, 5.74) is 3.86. The van der Waals surface area contributed by atoms with Crippen molar-refractivity contribution in [2.45, 2.75) is 26.3 Å². The molecule has 0 saturated carbocycles. The molecule has 0 bridgehead atoms. The number of carbonyl (C=O) groups excluding carboxylic acids is 1. The normalized spacial score (nSPS) is 11.2. The lowest BCUT2D eigenvalue weighted by Gasteiger charge is -2.07. The number of aryl methyl sites for hydroxylation is 2. The largest absolute Gasteiger partial charge is 0.326 e. The molecule has 2 aromatic carbocycles. The molecule has 0 atom stereocenters. The van der Waals surface area contributed by atoms with Gasteiger partial charge in [0.15, 0.2) is 0 Å². The third kappa shape index (κ3) is 6.52. The summed E-state index contributed by atoms with van der Waals surface area (Å²) >= 11 is 0. The van der Waals surface area contributed by atoms with Gasteiger partial charge < -0.3 is 5.32 Å². The van der Waals surface area contributed by atoms with Crippen LogP contribution < -0.4 is 10.0 Å². The predicted molar refractivity (Wildman–Crippen MR) is 96.3 cm³/mol. The summed E-state index contributed by atoms with van der Waals surface area (Å²) < 4.78 is 24.5. The van der Waals surface area contributed by atoms with Crippen LogP contribution >= 0.6 is 0 Å². The van der Waals surface area contributed by atoms with E-state index in [4.69, 9.17) is 0 Å². The molecule has 0 fully saturated rings. The van der Waals surface area contributed by atoms with Crippen molar-refractivity contribution in [3.63, 3.8) is 0 Å². The number of carbonyl (C=O) groups is 1. The van der Waals surface area contributed by atoms with E-state index in [0.717, 1.165) is 17.4 Å². The van der Waals surface area contributed by atoms with Crippen LogP contribution in [0.4, 0.5) is 5.69 Å². The Morgan fingerprint density at radius 1 is 1.04 bits per heavy atom. The lowest BCUT2D eigenvalue weighted by atomic mass is 10.1. The smallest absolute Gasteiger partial charge is 0.224 e. The summed E-state index contributed by atoms with van der Waals surface area (Å²) in [6.45, 7) is 2.27. The highest BCUT2D eigenvalue weighted by Crippen LogP contribution is 2.11. The average molecular weight is 346 g/mol. The molecule has 0 saturated heterocycles. The average Bonchev–Trinajstić information content (AvgIpc) is 2.52. The van der Waals surface area contributed by atoms with E-state index in [-0.39, 0.29) is 12.5 Å². The molecule has 2 aromatic rings. The summed E-state index contributed by atoms with van der Waals surface area (Å²) in [7, 11) is -3.21. The van der Waals surface area contributed by atoms with Gasteiger partial charge in [-0.3, -0.25) is 4.79 Å². The fraction of sp³-hybridized carbons (Fsp3) is 0.278. The summed E-state index contributed by atoms with van der Waals surface area (Å²) in [6, 6.07) is 15.2. The van der Waals surface area contributed by atoms with Crippen LogP contribution in [0.1, 0.15) is 23.1 Å². The van der Waals surface area contributed by atoms with Gasteiger partial charge in [0.05, 0.1) is 6.26 Å². The maximum atomic E-state index is 12.0. The van der Waals surface area contributed by atoms with Crippen LogP contribution in [0.5, 0.6) is 0 Å². The van der Waals surface area contributed by atoms with Crippen LogP contribution in [0.3, 0.4) is 0 Å². The monoisotopic (exact) mass is 346 g/mol. The van der Waals surface area contributed by atoms with Gasteiger partial charge in [-0.1, -0.05) is 42.0 Å². The summed E-state index contributed by atoms with van der Waals surface area (Å²) in [4.78, 5) is 12.0. The topological polar surface area (TPSA) is 75.3 Å². The second-order valence-electron chi connectivity index (χ2n) is 5.83. The number of hydrogen-bond acceptors (Lipinski definition) is 3. The van der Waals surface area contributed by atoms with E-state index < -0.39 is 10.0 Å². The van der Waals surface area contributed by atoms with Gasteiger partial charge in [-0.25, -0.2) is 13.1 Å². The highest BCUT2D eigenvalue weighted by molar-refractivity contribution is 7.88. The number of hydrogen-bond donors (Lipinski definition) is 2. The minimum atomic E-state index is -3.21. The molecular formula is C18H22N2O3S. The Kier molecular flexibility index (Phi) is 6.11. The van der Waals surface area contributed by atoms with Gasteiger partial charge in [-0.2, -0.15) is 0 Å². The number of anilines is 1. The Morgan fingerprint density at radius 3 is 2.38 bits per heavy atom. The lowest BCUT2D eigenvalue weighted by molar-refractivity contribution is -0.116. The Bertz CT molecular complexity index is 799. The molecule has 1 amide bonds. The summed E-state index contributed by atoms with van der Waals surface area (Å²) in [5.74, 6) is -0.0430. The van der Waals surface area contributed by atoms with E-state index in [1.807, 2.05) is 25.1 Å². The van der Waals surface area contributed by atoms with E-state index in [2.05, 4.69) is 16.1 Å². The van der Waals surface area contributed by atoms with Crippen molar-refractivity contribution in [1.82, 2.24) is 4.72 Å². The molecule has 0 spiro atoms. The van der Waals surface area contributed by atoms with Crippen molar-refractivity contribution in [1.29, 1.82) is 0 Å². The maximum Gasteiger partial charge on any atom is 0.224 e. The maximum absolute atomic E-state index is 12.0. The second-order valence-corrected chi connectivity index (χ2v) is 7.66. The van der Waals surface area contributed by atoms with Crippen LogP contribution in [0.25, 0.3) is 0 Å². The minimum absolute atomic E-state index is 0.0430. The molecule has 0 unspecified atom stereocenters. The van der Waals surface area contributed by atoms with E-state index in [0.29, 0.717) is 18.5 Å². The Labute approximate surface area is 143 Å². The van der Waals surface area contributed by atoms with E-state index in [1.165, 1.54) is 5.56 Å². The van der Waals surface area contributed by atoms with Crippen LogP contribution in [0, 0.1) is 6.92 Å². The van der Waals surface area contributed by atoms with E-state index in [1.54, 1.807) is 24.3 Å². The van der Waals surface area contributed by atoms with Crippen LogP contribution in [-0.2, 0) is 27.8 Å². The van der Waals surface area contributed by atoms with Crippen molar-refractivity contribution in [3.05, 3.63) is 65.2 Å². The van der Waals surface area contributed by atoms with Gasteiger partial charge in [-0.15, -0.1) is 0 Å². The van der Waals surface area contributed by atoms with Gasteiger partial charge >= 0.3 is 0 Å². The first kappa shape index (κ1) is 18.2. The first-order valence-electron chi connectivity index (χ1n) is 7.71. The Hall–Kier alpha value is -2.18. The van der Waals surface area contributed by atoms with Crippen molar-refractivity contribution >= 4 is 21.6 Å². The highest BCUT2D eigenvalue weighted by atomic mass is 32.2. The fourth-order valence-electron chi connectivity index (χ4n) is 2.27. The number of benzene rings is 2. The molecule has 0 heterocycles. The third-order valence-corrected chi connectivity index (χ3v) is 4.17. The van der Waals surface area contributed by atoms with Crippen molar-refractivity contribution in [3.8, 4) is 0 Å². The Morgan fingerprint density at radius 2 is 1.75 bits per heavy atom. The molecule has 2 rings (SSSR count). The number of nitrogens with one attached hydrogen (secondary N) is 2. The predicted octanol–water partition coefficient (Wildman–Crippen LogP) is 2.62. The number of sulfonamides is 1. The summed E-state index contributed by atoms with van der Waals surface area (Å²) in [5, 5.41) is 2.85. The zero-order valence-corrected chi connectivity index (χ0v) is 14.7. The first-order chi connectivity index (χ1) is 11.3. The quantitative estimate of drug-likeness (QED) is 0.809. The van der Waals surface area contributed by atoms with Gasteiger partial charge in [0, 0.05) is 18.7 Å². The molecule has 0 aliphatic heterocycles. The molecule has 5 nitrogen and oxygen atoms in total. The van der Waals surface area contributed by atoms with Crippen molar-refractivity contribution in [2.75, 3.05) is 11.6 Å². The second kappa shape index (κ2) is 8.08. The van der Waals surface area contributed by atoms with Crippen molar-refractivity contribution < 1.29 is 13.2 Å². The molecule has 24 heavy (non-hydrogen) atoms. The molecule has 0 radical (unpaired) electrons. The summed E-state index contributed by atoms with van der Waals surface area (Å²) in [6.07, 6.45) is 2.24. The zero-order valence-electron chi connectivity index (χ0n) is 13.9. The molecule has 128 valence electrons. The lowest BCUT2D eigenvalue weighted by Crippen LogP contribution is -2.21. The minimum Gasteiger partial charge on any atom is -0.326 e. The van der Waals surface area contributed by atoms with E-state index in [9.17, 15) is 13.2 Å². The van der Waals surface area contributed by atoms with E-state index >= 15 is 0 Å².